The molecule has 6 nitrogen and oxygen atoms in total. The van der Waals surface area contributed by atoms with Crippen LogP contribution in [0, 0.1) is 5.92 Å². The van der Waals surface area contributed by atoms with E-state index < -0.39 is 12.0 Å². The summed E-state index contributed by atoms with van der Waals surface area (Å²) in [6.07, 6.45) is 6.09. The van der Waals surface area contributed by atoms with Gasteiger partial charge >= 0.3 is 5.97 Å². The molecule has 1 saturated carbocycles. The Labute approximate surface area is 128 Å². The summed E-state index contributed by atoms with van der Waals surface area (Å²) in [6, 6.07) is 3.98. The molecule has 2 aliphatic rings. The monoisotopic (exact) mass is 304 g/mol. The number of carboxylic acid groups (broad SMARTS) is 1. The number of hydrogen-bond acceptors (Lipinski definition) is 3. The van der Waals surface area contributed by atoms with E-state index in [0.717, 1.165) is 25.7 Å². The van der Waals surface area contributed by atoms with Crippen molar-refractivity contribution in [2.75, 3.05) is 0 Å². The fraction of sp³-hybridized carbons (Fsp3) is 0.562. The van der Waals surface area contributed by atoms with Crippen LogP contribution < -0.4 is 5.56 Å². The summed E-state index contributed by atoms with van der Waals surface area (Å²) in [5.41, 5.74) is -0.248. The van der Waals surface area contributed by atoms with Crippen molar-refractivity contribution in [2.45, 2.75) is 50.7 Å². The predicted molar refractivity (Wildman–Crippen MR) is 79.3 cm³/mol. The smallest absolute Gasteiger partial charge is 0.326 e. The van der Waals surface area contributed by atoms with Gasteiger partial charge < -0.3 is 14.6 Å². The van der Waals surface area contributed by atoms with Gasteiger partial charge in [0.25, 0.3) is 5.56 Å². The number of pyridine rings is 1. The Hall–Kier alpha value is -2.11. The van der Waals surface area contributed by atoms with Crippen molar-refractivity contribution in [2.24, 2.45) is 5.92 Å². The Morgan fingerprint density at radius 2 is 2.00 bits per heavy atom. The molecule has 2 heterocycles. The molecule has 0 spiro atoms. The van der Waals surface area contributed by atoms with Crippen LogP contribution in [0.25, 0.3) is 0 Å². The van der Waals surface area contributed by atoms with E-state index in [1.54, 1.807) is 18.3 Å². The first-order chi connectivity index (χ1) is 10.6. The molecule has 1 aromatic rings. The summed E-state index contributed by atoms with van der Waals surface area (Å²) >= 11 is 0. The van der Waals surface area contributed by atoms with Gasteiger partial charge in [0.15, 0.2) is 0 Å². The zero-order chi connectivity index (χ0) is 15.7. The molecule has 1 aliphatic carbocycles. The SMILES string of the molecule is O=C(O)C1CC2CCCCC2N1C(=O)Cn1ccccc1=O. The number of nitrogens with zero attached hydrogens (tertiary/aromatic N) is 2. The maximum absolute atomic E-state index is 12.6. The molecular formula is C16H20N2O4. The first-order valence-electron chi connectivity index (χ1n) is 7.77. The van der Waals surface area contributed by atoms with Crippen molar-refractivity contribution < 1.29 is 14.7 Å². The van der Waals surface area contributed by atoms with E-state index in [1.165, 1.54) is 15.5 Å². The molecule has 118 valence electrons. The normalized spacial score (nSPS) is 27.5. The van der Waals surface area contributed by atoms with Crippen molar-refractivity contribution in [1.82, 2.24) is 9.47 Å². The molecule has 0 aromatic carbocycles. The van der Waals surface area contributed by atoms with Gasteiger partial charge in [0.2, 0.25) is 5.91 Å². The molecule has 3 unspecified atom stereocenters. The fourth-order valence-electron chi connectivity index (χ4n) is 3.86. The molecular weight excluding hydrogens is 284 g/mol. The third-order valence-electron chi connectivity index (χ3n) is 4.87. The number of carbonyl (C=O) groups is 2. The molecule has 1 saturated heterocycles. The second-order valence-corrected chi connectivity index (χ2v) is 6.17. The summed E-state index contributed by atoms with van der Waals surface area (Å²) < 4.78 is 1.33. The standard InChI is InChI=1S/C16H20N2O4/c19-14-7-3-4-8-17(14)10-15(20)18-12-6-2-1-5-11(12)9-13(18)16(21)22/h3-4,7-8,11-13H,1-2,5-6,9-10H2,(H,21,22). The number of carboxylic acids is 1. The molecule has 6 heteroatoms. The van der Waals surface area contributed by atoms with Crippen LogP contribution >= 0.6 is 0 Å². The fourth-order valence-corrected chi connectivity index (χ4v) is 3.86. The van der Waals surface area contributed by atoms with E-state index in [0.29, 0.717) is 6.42 Å². The Morgan fingerprint density at radius 3 is 2.73 bits per heavy atom. The zero-order valence-electron chi connectivity index (χ0n) is 12.4. The Morgan fingerprint density at radius 1 is 1.23 bits per heavy atom. The number of carbonyl (C=O) groups excluding carboxylic acids is 1. The van der Waals surface area contributed by atoms with Gasteiger partial charge in [0.1, 0.15) is 12.6 Å². The van der Waals surface area contributed by atoms with Crippen LogP contribution in [0.5, 0.6) is 0 Å². The van der Waals surface area contributed by atoms with Crippen molar-refractivity contribution in [3.63, 3.8) is 0 Å². The summed E-state index contributed by atoms with van der Waals surface area (Å²) in [4.78, 5) is 37.4. The van der Waals surface area contributed by atoms with E-state index in [1.807, 2.05) is 0 Å². The van der Waals surface area contributed by atoms with Gasteiger partial charge in [-0.25, -0.2) is 4.79 Å². The van der Waals surface area contributed by atoms with Crippen LogP contribution in [-0.4, -0.2) is 38.5 Å². The number of rotatable bonds is 3. The highest BCUT2D eigenvalue weighted by Crippen LogP contribution is 2.39. The number of amides is 1. The van der Waals surface area contributed by atoms with E-state index in [-0.39, 0.29) is 30.0 Å². The minimum Gasteiger partial charge on any atom is -0.480 e. The van der Waals surface area contributed by atoms with Gasteiger partial charge in [0.05, 0.1) is 0 Å². The lowest BCUT2D eigenvalue weighted by molar-refractivity contribution is -0.150. The lowest BCUT2D eigenvalue weighted by Crippen LogP contribution is -2.48. The highest BCUT2D eigenvalue weighted by atomic mass is 16.4. The number of aromatic nitrogens is 1. The predicted octanol–water partition coefficient (Wildman–Crippen LogP) is 1.09. The van der Waals surface area contributed by atoms with Crippen LogP contribution in [0.2, 0.25) is 0 Å². The molecule has 22 heavy (non-hydrogen) atoms. The summed E-state index contributed by atoms with van der Waals surface area (Å²) in [5.74, 6) is -0.926. The van der Waals surface area contributed by atoms with Crippen molar-refractivity contribution >= 4 is 11.9 Å². The van der Waals surface area contributed by atoms with Crippen molar-refractivity contribution in [1.29, 1.82) is 0 Å². The van der Waals surface area contributed by atoms with E-state index in [2.05, 4.69) is 0 Å². The molecule has 0 radical (unpaired) electrons. The third kappa shape index (κ3) is 2.65. The number of aliphatic carboxylic acids is 1. The topological polar surface area (TPSA) is 79.6 Å². The van der Waals surface area contributed by atoms with Crippen molar-refractivity contribution in [3.8, 4) is 0 Å². The molecule has 1 amide bonds. The van der Waals surface area contributed by atoms with Crippen LogP contribution in [0.15, 0.2) is 29.2 Å². The van der Waals surface area contributed by atoms with E-state index in [9.17, 15) is 19.5 Å². The van der Waals surface area contributed by atoms with Crippen molar-refractivity contribution in [3.05, 3.63) is 34.7 Å². The van der Waals surface area contributed by atoms with Gasteiger partial charge in [-0.1, -0.05) is 18.9 Å². The number of hydrogen-bond donors (Lipinski definition) is 1. The molecule has 1 aliphatic heterocycles. The minimum absolute atomic E-state index is 0.0155. The van der Waals surface area contributed by atoms with Crippen LogP contribution in [0.3, 0.4) is 0 Å². The van der Waals surface area contributed by atoms with Gasteiger partial charge in [0, 0.05) is 18.3 Å². The minimum atomic E-state index is -0.942. The first kappa shape index (κ1) is 14.8. The zero-order valence-corrected chi connectivity index (χ0v) is 12.4. The lowest BCUT2D eigenvalue weighted by atomic mass is 9.85. The highest BCUT2D eigenvalue weighted by Gasteiger charge is 2.47. The van der Waals surface area contributed by atoms with Crippen LogP contribution in [0.4, 0.5) is 0 Å². The number of fused-ring (bicyclic) bond motifs is 1. The third-order valence-corrected chi connectivity index (χ3v) is 4.87. The Balaban J connectivity index is 1.83. The Kier molecular flexibility index (Phi) is 4.00. The quantitative estimate of drug-likeness (QED) is 0.906. The average molecular weight is 304 g/mol. The average Bonchev–Trinajstić information content (AvgIpc) is 2.89. The second kappa shape index (κ2) is 5.94. The second-order valence-electron chi connectivity index (χ2n) is 6.17. The van der Waals surface area contributed by atoms with Gasteiger partial charge in [-0.05, 0) is 31.2 Å². The van der Waals surface area contributed by atoms with E-state index >= 15 is 0 Å². The summed E-state index contributed by atoms with van der Waals surface area (Å²) in [7, 11) is 0. The van der Waals surface area contributed by atoms with Crippen LogP contribution in [-0.2, 0) is 16.1 Å². The summed E-state index contributed by atoms with van der Waals surface area (Å²) in [5, 5.41) is 9.44. The molecule has 1 N–H and O–H groups in total. The maximum Gasteiger partial charge on any atom is 0.326 e. The highest BCUT2D eigenvalue weighted by molar-refractivity contribution is 5.84. The first-order valence-corrected chi connectivity index (χ1v) is 7.77. The van der Waals surface area contributed by atoms with E-state index in [4.69, 9.17) is 0 Å². The molecule has 3 rings (SSSR count). The lowest BCUT2D eigenvalue weighted by Gasteiger charge is -2.33. The molecule has 2 fully saturated rings. The van der Waals surface area contributed by atoms with Gasteiger partial charge in [-0.2, -0.15) is 0 Å². The number of likely N-dealkylation sites (tertiary alicyclic amines) is 1. The van der Waals surface area contributed by atoms with Crippen LogP contribution in [0.1, 0.15) is 32.1 Å². The molecule has 1 aromatic heterocycles. The molecule has 3 atom stereocenters. The molecule has 0 bridgehead atoms. The Bertz CT molecular complexity index is 639. The largest absolute Gasteiger partial charge is 0.480 e. The van der Waals surface area contributed by atoms with Gasteiger partial charge in [-0.3, -0.25) is 9.59 Å². The summed E-state index contributed by atoms with van der Waals surface area (Å²) in [6.45, 7) is -0.0906. The maximum atomic E-state index is 12.6. The van der Waals surface area contributed by atoms with Gasteiger partial charge in [-0.15, -0.1) is 0 Å².